The van der Waals surface area contributed by atoms with Crippen LogP contribution in [0.3, 0.4) is 0 Å². The van der Waals surface area contributed by atoms with Crippen LogP contribution in [-0.2, 0) is 16.7 Å². The van der Waals surface area contributed by atoms with E-state index in [9.17, 15) is 8.42 Å². The summed E-state index contributed by atoms with van der Waals surface area (Å²) in [5.74, 6) is 0.349. The monoisotopic (exact) mass is 305 g/mol. The van der Waals surface area contributed by atoms with Crippen molar-refractivity contribution in [2.24, 2.45) is 0 Å². The third-order valence-electron chi connectivity index (χ3n) is 2.06. The van der Waals surface area contributed by atoms with Crippen LogP contribution in [0.4, 0.5) is 0 Å². The maximum absolute atomic E-state index is 10.5. The van der Waals surface area contributed by atoms with Crippen molar-refractivity contribution in [2.45, 2.75) is 13.0 Å². The van der Waals surface area contributed by atoms with E-state index < -0.39 is 10.1 Å². The van der Waals surface area contributed by atoms with Gasteiger partial charge in [-0.1, -0.05) is 54.3 Å². The zero-order chi connectivity index (χ0) is 13.4. The zero-order valence-corrected chi connectivity index (χ0v) is 12.2. The molecule has 1 aromatic rings. The number of nitrogens with one attached hydrogen (secondary N) is 1. The van der Waals surface area contributed by atoms with Crippen molar-refractivity contribution in [3.63, 3.8) is 0 Å². The molecule has 0 bridgehead atoms. The lowest BCUT2D eigenvalue weighted by Gasteiger charge is -2.07. The summed E-state index contributed by atoms with van der Waals surface area (Å²) in [4.78, 5) is 0. The summed E-state index contributed by atoms with van der Waals surface area (Å²) in [6, 6.07) is 9.86. The molecule has 0 amide bonds. The number of thiocarbonyl (C=S) groups is 1. The number of benzene rings is 1. The fourth-order valence-electron chi connectivity index (χ4n) is 1.23. The second-order valence-corrected chi connectivity index (χ2v) is 6.96. The highest BCUT2D eigenvalue weighted by atomic mass is 32.2. The van der Waals surface area contributed by atoms with Crippen LogP contribution in [0.15, 0.2) is 30.3 Å². The first kappa shape index (κ1) is 15.4. The van der Waals surface area contributed by atoms with E-state index in [0.29, 0.717) is 23.0 Å². The van der Waals surface area contributed by atoms with Gasteiger partial charge < -0.3 is 5.32 Å². The topological polar surface area (TPSA) is 66.4 Å². The van der Waals surface area contributed by atoms with Crippen LogP contribution in [0.2, 0.25) is 0 Å². The molecule has 1 rings (SSSR count). The second kappa shape index (κ2) is 7.73. The predicted octanol–water partition coefficient (Wildman–Crippen LogP) is 2.07. The Balaban J connectivity index is 2.15. The standard InChI is InChI=1S/C11H15NO3S3/c13-18(14,15)8-4-7-17-11(16)12-9-10-5-2-1-3-6-10/h1-3,5-6H,4,7-9H2,(H,12,16)(H,13,14,15). The van der Waals surface area contributed by atoms with Gasteiger partial charge in [-0.2, -0.15) is 8.42 Å². The van der Waals surface area contributed by atoms with Gasteiger partial charge in [-0.25, -0.2) is 0 Å². The highest BCUT2D eigenvalue weighted by molar-refractivity contribution is 8.22. The van der Waals surface area contributed by atoms with Crippen LogP contribution < -0.4 is 5.32 Å². The summed E-state index contributed by atoms with van der Waals surface area (Å²) in [7, 11) is -3.85. The molecule has 18 heavy (non-hydrogen) atoms. The molecule has 0 aromatic heterocycles. The molecule has 0 aliphatic heterocycles. The Bertz CT molecular complexity index is 474. The van der Waals surface area contributed by atoms with E-state index in [4.69, 9.17) is 16.8 Å². The fourth-order valence-corrected chi connectivity index (χ4v) is 2.89. The molecule has 0 spiro atoms. The Kier molecular flexibility index (Phi) is 6.62. The molecule has 4 nitrogen and oxygen atoms in total. The van der Waals surface area contributed by atoms with E-state index in [1.807, 2.05) is 30.3 Å². The summed E-state index contributed by atoms with van der Waals surface area (Å²) in [6.45, 7) is 0.658. The second-order valence-electron chi connectivity index (χ2n) is 3.61. The smallest absolute Gasteiger partial charge is 0.264 e. The van der Waals surface area contributed by atoms with E-state index >= 15 is 0 Å². The van der Waals surface area contributed by atoms with Crippen molar-refractivity contribution < 1.29 is 13.0 Å². The van der Waals surface area contributed by atoms with E-state index in [2.05, 4.69) is 5.32 Å². The molecule has 0 saturated heterocycles. The predicted molar refractivity (Wildman–Crippen MR) is 79.4 cm³/mol. The van der Waals surface area contributed by atoms with Gasteiger partial charge in [0.05, 0.1) is 5.75 Å². The van der Waals surface area contributed by atoms with Gasteiger partial charge in [-0.3, -0.25) is 4.55 Å². The summed E-state index contributed by atoms with van der Waals surface area (Å²) in [5.41, 5.74) is 1.14. The molecule has 0 heterocycles. The summed E-state index contributed by atoms with van der Waals surface area (Å²) in [6.07, 6.45) is 0.386. The third kappa shape index (κ3) is 7.65. The van der Waals surface area contributed by atoms with E-state index in [1.54, 1.807) is 0 Å². The molecule has 0 atom stereocenters. The van der Waals surface area contributed by atoms with Crippen molar-refractivity contribution in [3.05, 3.63) is 35.9 Å². The molecule has 7 heteroatoms. The molecular weight excluding hydrogens is 290 g/mol. The van der Waals surface area contributed by atoms with Gasteiger partial charge in [-0.05, 0) is 12.0 Å². The largest absolute Gasteiger partial charge is 0.367 e. The van der Waals surface area contributed by atoms with Crippen LogP contribution in [0.5, 0.6) is 0 Å². The Morgan fingerprint density at radius 1 is 1.33 bits per heavy atom. The number of hydrogen-bond donors (Lipinski definition) is 2. The maximum atomic E-state index is 10.5. The quantitative estimate of drug-likeness (QED) is 0.476. The average Bonchev–Trinajstić information content (AvgIpc) is 2.32. The van der Waals surface area contributed by atoms with Crippen molar-refractivity contribution in [3.8, 4) is 0 Å². The van der Waals surface area contributed by atoms with E-state index in [0.717, 1.165) is 5.56 Å². The van der Waals surface area contributed by atoms with Gasteiger partial charge in [0.25, 0.3) is 10.1 Å². The van der Waals surface area contributed by atoms with Gasteiger partial charge in [0.15, 0.2) is 0 Å². The summed E-state index contributed by atoms with van der Waals surface area (Å²) >= 11 is 6.48. The van der Waals surface area contributed by atoms with Crippen LogP contribution >= 0.6 is 24.0 Å². The lowest BCUT2D eigenvalue weighted by Crippen LogP contribution is -2.18. The van der Waals surface area contributed by atoms with Gasteiger partial charge >= 0.3 is 0 Å². The van der Waals surface area contributed by atoms with Gasteiger partial charge in [-0.15, -0.1) is 0 Å². The first-order chi connectivity index (χ1) is 8.47. The highest BCUT2D eigenvalue weighted by Gasteiger charge is 2.04. The first-order valence-electron chi connectivity index (χ1n) is 5.37. The SMILES string of the molecule is O=S(=O)(O)CCCSC(=S)NCc1ccccc1. The maximum Gasteiger partial charge on any atom is 0.264 e. The molecule has 0 fully saturated rings. The van der Waals surface area contributed by atoms with Gasteiger partial charge in [0, 0.05) is 12.3 Å². The normalized spacial score (nSPS) is 11.2. The minimum absolute atomic E-state index is 0.221. The van der Waals surface area contributed by atoms with Crippen molar-refractivity contribution in [2.75, 3.05) is 11.5 Å². The Labute approximate surface area is 117 Å². The molecule has 0 aliphatic rings. The van der Waals surface area contributed by atoms with Crippen molar-refractivity contribution >= 4 is 38.4 Å². The van der Waals surface area contributed by atoms with Crippen LogP contribution in [0.1, 0.15) is 12.0 Å². The third-order valence-corrected chi connectivity index (χ3v) is 4.26. The molecule has 0 radical (unpaired) electrons. The first-order valence-corrected chi connectivity index (χ1v) is 8.37. The van der Waals surface area contributed by atoms with Crippen LogP contribution in [0, 0.1) is 0 Å². The van der Waals surface area contributed by atoms with Crippen molar-refractivity contribution in [1.29, 1.82) is 0 Å². The Morgan fingerprint density at radius 2 is 2.00 bits per heavy atom. The molecule has 2 N–H and O–H groups in total. The van der Waals surface area contributed by atoms with Crippen LogP contribution in [0.25, 0.3) is 0 Å². The summed E-state index contributed by atoms with van der Waals surface area (Å²) < 4.78 is 30.2. The van der Waals surface area contributed by atoms with Crippen LogP contribution in [-0.4, -0.2) is 28.8 Å². The molecule has 0 unspecified atom stereocenters. The minimum Gasteiger partial charge on any atom is -0.367 e. The number of rotatable bonds is 6. The van der Waals surface area contributed by atoms with E-state index in [-0.39, 0.29) is 5.75 Å². The van der Waals surface area contributed by atoms with Crippen molar-refractivity contribution in [1.82, 2.24) is 5.32 Å². The Morgan fingerprint density at radius 3 is 2.61 bits per heavy atom. The zero-order valence-electron chi connectivity index (χ0n) is 9.70. The average molecular weight is 305 g/mol. The minimum atomic E-state index is -3.85. The van der Waals surface area contributed by atoms with E-state index in [1.165, 1.54) is 11.8 Å². The highest BCUT2D eigenvalue weighted by Crippen LogP contribution is 2.06. The number of thioether (sulfide) groups is 1. The van der Waals surface area contributed by atoms with Gasteiger partial charge in [0.2, 0.25) is 0 Å². The molecule has 0 saturated carbocycles. The fraction of sp³-hybridized carbons (Fsp3) is 0.364. The number of hydrogen-bond acceptors (Lipinski definition) is 4. The molecule has 1 aromatic carbocycles. The lowest BCUT2D eigenvalue weighted by atomic mass is 10.2. The summed E-state index contributed by atoms with van der Waals surface area (Å²) in [5, 5.41) is 3.08. The molecular formula is C11H15NO3S3. The Hall–Kier alpha value is -0.630. The lowest BCUT2D eigenvalue weighted by molar-refractivity contribution is 0.482. The molecule has 0 aliphatic carbocycles. The molecule has 100 valence electrons. The van der Waals surface area contributed by atoms with Gasteiger partial charge in [0.1, 0.15) is 4.32 Å².